The maximum atomic E-state index is 6.31. The molecule has 0 amide bonds. The van der Waals surface area contributed by atoms with E-state index >= 15 is 0 Å². The molecule has 2 heterocycles. The van der Waals surface area contributed by atoms with Crippen LogP contribution in [0, 0.1) is 13.8 Å². The molecular weight excluding hydrogens is 346 g/mol. The first-order chi connectivity index (χ1) is 12.5. The molecule has 0 radical (unpaired) electrons. The smallest absolute Gasteiger partial charge is 0.129 e. The van der Waals surface area contributed by atoms with E-state index in [-0.39, 0.29) is 0 Å². The number of pyridine rings is 1. The number of hydrogen-bond acceptors (Lipinski definition) is 4. The zero-order valence-corrected chi connectivity index (χ0v) is 15.5. The van der Waals surface area contributed by atoms with Crippen LogP contribution >= 0.6 is 11.6 Å². The summed E-state index contributed by atoms with van der Waals surface area (Å²) in [6.45, 7) is 4.83. The van der Waals surface area contributed by atoms with Gasteiger partial charge in [0.15, 0.2) is 0 Å². The zero-order chi connectivity index (χ0) is 18.4. The van der Waals surface area contributed by atoms with E-state index in [9.17, 15) is 0 Å². The Morgan fingerprint density at radius 2 is 1.92 bits per heavy atom. The number of nitrogens with zero attached hydrogens (tertiary/aromatic N) is 1. The van der Waals surface area contributed by atoms with Gasteiger partial charge in [-0.05, 0) is 54.8 Å². The lowest BCUT2D eigenvalue weighted by Gasteiger charge is -2.26. The average Bonchev–Trinajstić information content (AvgIpc) is 2.61. The molecule has 26 heavy (non-hydrogen) atoms. The summed E-state index contributed by atoms with van der Waals surface area (Å²) in [5.41, 5.74) is 20.3. The monoisotopic (exact) mass is 365 g/mol. The minimum atomic E-state index is 0.310. The van der Waals surface area contributed by atoms with Crippen molar-refractivity contribution in [3.8, 4) is 28.1 Å². The summed E-state index contributed by atoms with van der Waals surface area (Å²) < 4.78 is 6.02. The summed E-state index contributed by atoms with van der Waals surface area (Å²) in [6, 6.07) is 11.9. The second kappa shape index (κ2) is 6.31. The topological polar surface area (TPSA) is 74.2 Å². The molecule has 0 spiro atoms. The third kappa shape index (κ3) is 2.62. The van der Waals surface area contributed by atoms with Gasteiger partial charge >= 0.3 is 0 Å². The highest BCUT2D eigenvalue weighted by Gasteiger charge is 2.26. The van der Waals surface area contributed by atoms with Crippen molar-refractivity contribution in [1.29, 1.82) is 0 Å². The summed E-state index contributed by atoms with van der Waals surface area (Å²) in [6.07, 6.45) is 0. The van der Waals surface area contributed by atoms with Crippen LogP contribution < -0.4 is 16.2 Å². The standard InChI is InChI=1S/C21H20ClN3O/c1-11-3-6-18-15(7-11)20-17(10-26-18)19(16(9-23)21(24)25-20)14-5-4-13(22)8-12(14)2/h3-8H,9-10,23H2,1-2H3,(H2,24,25). The van der Waals surface area contributed by atoms with Gasteiger partial charge in [-0.25, -0.2) is 4.98 Å². The number of aryl methyl sites for hydroxylation is 2. The molecule has 1 aliphatic rings. The van der Waals surface area contributed by atoms with Gasteiger partial charge in [0.25, 0.3) is 0 Å². The van der Waals surface area contributed by atoms with Gasteiger partial charge in [-0.15, -0.1) is 0 Å². The Labute approximate surface area is 157 Å². The molecule has 132 valence electrons. The number of nitrogens with two attached hydrogens (primary N) is 2. The molecule has 4 N–H and O–H groups in total. The molecule has 0 fully saturated rings. The number of benzene rings is 2. The number of hydrogen-bond donors (Lipinski definition) is 2. The van der Waals surface area contributed by atoms with E-state index in [1.807, 2.05) is 37.3 Å². The predicted octanol–water partition coefficient (Wildman–Crippen LogP) is 4.62. The van der Waals surface area contributed by atoms with Crippen LogP contribution in [0.2, 0.25) is 5.02 Å². The number of halogens is 1. The Kier molecular flexibility index (Phi) is 4.10. The summed E-state index contributed by atoms with van der Waals surface area (Å²) in [4.78, 5) is 4.69. The van der Waals surface area contributed by atoms with Crippen LogP contribution in [-0.4, -0.2) is 4.98 Å². The van der Waals surface area contributed by atoms with Gasteiger partial charge in [0.1, 0.15) is 18.2 Å². The minimum Gasteiger partial charge on any atom is -0.488 e. The molecule has 4 nitrogen and oxygen atoms in total. The lowest BCUT2D eigenvalue weighted by atomic mass is 9.88. The van der Waals surface area contributed by atoms with Crippen molar-refractivity contribution in [3.05, 3.63) is 63.7 Å². The molecule has 0 atom stereocenters. The second-order valence-corrected chi connectivity index (χ2v) is 7.07. The summed E-state index contributed by atoms with van der Waals surface area (Å²) >= 11 is 6.15. The molecular formula is C21H20ClN3O. The molecule has 5 heteroatoms. The maximum Gasteiger partial charge on any atom is 0.129 e. The molecule has 0 aliphatic carbocycles. The van der Waals surface area contributed by atoms with E-state index in [0.717, 1.165) is 50.4 Å². The summed E-state index contributed by atoms with van der Waals surface area (Å²) in [5, 5.41) is 0.702. The summed E-state index contributed by atoms with van der Waals surface area (Å²) in [7, 11) is 0. The van der Waals surface area contributed by atoms with Crippen molar-refractivity contribution >= 4 is 17.4 Å². The molecule has 3 aromatic rings. The van der Waals surface area contributed by atoms with Crippen LogP contribution in [0.3, 0.4) is 0 Å². The number of aromatic nitrogens is 1. The minimum absolute atomic E-state index is 0.310. The summed E-state index contributed by atoms with van der Waals surface area (Å²) in [5.74, 6) is 1.29. The Bertz CT molecular complexity index is 1030. The first-order valence-corrected chi connectivity index (χ1v) is 8.89. The fraction of sp³-hybridized carbons (Fsp3) is 0.190. The van der Waals surface area contributed by atoms with Crippen molar-refractivity contribution in [3.63, 3.8) is 0 Å². The van der Waals surface area contributed by atoms with Gasteiger partial charge in [0, 0.05) is 28.3 Å². The van der Waals surface area contributed by atoms with Crippen molar-refractivity contribution in [2.24, 2.45) is 5.73 Å². The average molecular weight is 366 g/mol. The highest BCUT2D eigenvalue weighted by atomic mass is 35.5. The van der Waals surface area contributed by atoms with Crippen molar-refractivity contribution in [1.82, 2.24) is 4.98 Å². The van der Waals surface area contributed by atoms with E-state index in [4.69, 9.17) is 32.8 Å². The maximum absolute atomic E-state index is 6.31. The molecule has 0 unspecified atom stereocenters. The first kappa shape index (κ1) is 16.9. The van der Waals surface area contributed by atoms with E-state index in [0.29, 0.717) is 24.0 Å². The van der Waals surface area contributed by atoms with E-state index in [1.165, 1.54) is 0 Å². The second-order valence-electron chi connectivity index (χ2n) is 6.63. The molecule has 0 bridgehead atoms. The zero-order valence-electron chi connectivity index (χ0n) is 14.8. The highest BCUT2D eigenvalue weighted by molar-refractivity contribution is 6.30. The Balaban J connectivity index is 2.06. The van der Waals surface area contributed by atoms with Gasteiger partial charge in [0.2, 0.25) is 0 Å². The lowest BCUT2D eigenvalue weighted by molar-refractivity contribution is 0.302. The van der Waals surface area contributed by atoms with Gasteiger partial charge in [-0.3, -0.25) is 0 Å². The van der Waals surface area contributed by atoms with Crippen LogP contribution in [0.1, 0.15) is 22.3 Å². The van der Waals surface area contributed by atoms with Gasteiger partial charge in [0.05, 0.1) is 5.69 Å². The van der Waals surface area contributed by atoms with Gasteiger partial charge in [-0.1, -0.05) is 29.3 Å². The largest absolute Gasteiger partial charge is 0.488 e. The lowest BCUT2D eigenvalue weighted by Crippen LogP contribution is -2.15. The van der Waals surface area contributed by atoms with E-state index in [1.54, 1.807) is 0 Å². The number of anilines is 1. The van der Waals surface area contributed by atoms with E-state index < -0.39 is 0 Å². The van der Waals surface area contributed by atoms with Crippen LogP contribution in [0.25, 0.3) is 22.4 Å². The fourth-order valence-corrected chi connectivity index (χ4v) is 3.82. The van der Waals surface area contributed by atoms with Crippen LogP contribution in [-0.2, 0) is 13.2 Å². The first-order valence-electron chi connectivity index (χ1n) is 8.51. The van der Waals surface area contributed by atoms with Crippen LogP contribution in [0.15, 0.2) is 36.4 Å². The Hall–Kier alpha value is -2.56. The van der Waals surface area contributed by atoms with Gasteiger partial charge in [-0.2, -0.15) is 0 Å². The van der Waals surface area contributed by atoms with E-state index in [2.05, 4.69) is 13.0 Å². The molecule has 4 rings (SSSR count). The SMILES string of the molecule is Cc1ccc2c(c1)-c1nc(N)c(CN)c(-c3ccc(Cl)cc3C)c1CO2. The molecule has 1 aromatic heterocycles. The quantitative estimate of drug-likeness (QED) is 0.694. The third-order valence-electron chi connectivity index (χ3n) is 4.85. The normalized spacial score (nSPS) is 12.3. The van der Waals surface area contributed by atoms with Crippen molar-refractivity contribution < 1.29 is 4.74 Å². The molecule has 2 aromatic carbocycles. The number of ether oxygens (including phenoxy) is 1. The number of rotatable bonds is 2. The Morgan fingerprint density at radius 1 is 1.12 bits per heavy atom. The number of nitrogen functional groups attached to an aromatic ring is 1. The van der Waals surface area contributed by atoms with Crippen LogP contribution in [0.4, 0.5) is 5.82 Å². The van der Waals surface area contributed by atoms with Crippen molar-refractivity contribution in [2.75, 3.05) is 5.73 Å². The molecule has 0 saturated heterocycles. The van der Waals surface area contributed by atoms with Gasteiger partial charge < -0.3 is 16.2 Å². The van der Waals surface area contributed by atoms with Crippen LogP contribution in [0.5, 0.6) is 5.75 Å². The predicted molar refractivity (Wildman–Crippen MR) is 106 cm³/mol. The van der Waals surface area contributed by atoms with Crippen molar-refractivity contribution in [2.45, 2.75) is 27.0 Å². The number of fused-ring (bicyclic) bond motifs is 3. The Morgan fingerprint density at radius 3 is 2.65 bits per heavy atom. The third-order valence-corrected chi connectivity index (χ3v) is 5.09. The highest BCUT2D eigenvalue weighted by Crippen LogP contribution is 2.44. The fourth-order valence-electron chi connectivity index (χ4n) is 3.59. The molecule has 0 saturated carbocycles. The molecule has 1 aliphatic heterocycles.